The first-order valence-electron chi connectivity index (χ1n) is 10.2. The minimum absolute atomic E-state index is 0.189. The van der Waals surface area contributed by atoms with Crippen LogP contribution in [0.4, 0.5) is 4.79 Å². The zero-order chi connectivity index (χ0) is 21.3. The van der Waals surface area contributed by atoms with E-state index in [1.165, 1.54) is 9.21 Å². The Morgan fingerprint density at radius 2 is 1.70 bits per heavy atom. The van der Waals surface area contributed by atoms with Crippen molar-refractivity contribution in [3.63, 3.8) is 0 Å². The maximum Gasteiger partial charge on any atom is 0.325 e. The number of hydrogen-bond acceptors (Lipinski definition) is 5. The van der Waals surface area contributed by atoms with Crippen LogP contribution in [0, 0.1) is 0 Å². The van der Waals surface area contributed by atoms with Gasteiger partial charge in [-0.3, -0.25) is 9.69 Å². The van der Waals surface area contributed by atoms with E-state index in [4.69, 9.17) is 0 Å². The highest BCUT2D eigenvalue weighted by Gasteiger charge is 2.39. The number of carbonyl (C=O) groups is 2. The summed E-state index contributed by atoms with van der Waals surface area (Å²) in [6, 6.07) is 12.0. The van der Waals surface area contributed by atoms with Crippen LogP contribution in [0.1, 0.15) is 19.8 Å². The van der Waals surface area contributed by atoms with E-state index >= 15 is 0 Å². The third kappa shape index (κ3) is 3.92. The summed E-state index contributed by atoms with van der Waals surface area (Å²) in [6.07, 6.45) is 1.44. The third-order valence-corrected chi connectivity index (χ3v) is 7.61. The minimum Gasteiger partial charge on any atom is -0.326 e. The molecule has 1 atom stereocenters. The molecule has 3 amide bonds. The molecule has 1 N–H and O–H groups in total. The molecule has 2 fully saturated rings. The van der Waals surface area contributed by atoms with Gasteiger partial charge in [0.05, 0.1) is 11.6 Å². The zero-order valence-electron chi connectivity index (χ0n) is 17.0. The molecule has 0 spiro atoms. The number of benzene rings is 2. The second kappa shape index (κ2) is 8.33. The number of sulfonamides is 1. The Bertz CT molecular complexity index is 1060. The summed E-state index contributed by atoms with van der Waals surface area (Å²) >= 11 is 0. The molecule has 9 heteroatoms. The lowest BCUT2D eigenvalue weighted by Gasteiger charge is -2.35. The summed E-state index contributed by atoms with van der Waals surface area (Å²) in [6.45, 7) is 3.71. The van der Waals surface area contributed by atoms with Crippen LogP contribution in [-0.4, -0.2) is 73.4 Å². The fourth-order valence-corrected chi connectivity index (χ4v) is 5.44. The van der Waals surface area contributed by atoms with Crippen LogP contribution >= 0.6 is 0 Å². The van der Waals surface area contributed by atoms with Gasteiger partial charge in [-0.05, 0) is 29.3 Å². The molecule has 2 aromatic rings. The zero-order valence-corrected chi connectivity index (χ0v) is 17.8. The second-order valence-corrected chi connectivity index (χ2v) is 9.67. The first kappa shape index (κ1) is 20.8. The lowest BCUT2D eigenvalue weighted by atomic mass is 10.1. The fourth-order valence-electron chi connectivity index (χ4n) is 3.98. The Hall–Kier alpha value is -2.49. The molecule has 0 unspecified atom stereocenters. The smallest absolute Gasteiger partial charge is 0.325 e. The van der Waals surface area contributed by atoms with E-state index in [9.17, 15) is 18.0 Å². The van der Waals surface area contributed by atoms with Crippen LogP contribution in [0.15, 0.2) is 47.4 Å². The summed E-state index contributed by atoms with van der Waals surface area (Å²) in [4.78, 5) is 28.0. The van der Waals surface area contributed by atoms with Gasteiger partial charge in [0.1, 0.15) is 6.04 Å². The largest absolute Gasteiger partial charge is 0.326 e. The Labute approximate surface area is 176 Å². The fraction of sp³-hybridized carbons (Fsp3) is 0.429. The Balaban J connectivity index is 1.40. The molecule has 2 aliphatic heterocycles. The van der Waals surface area contributed by atoms with E-state index in [-0.39, 0.29) is 23.5 Å². The number of nitrogens with one attached hydrogen (secondary N) is 1. The lowest BCUT2D eigenvalue weighted by Crippen LogP contribution is -2.52. The number of fused-ring (bicyclic) bond motifs is 1. The summed E-state index contributed by atoms with van der Waals surface area (Å²) in [5.41, 5.74) is 0. The number of rotatable bonds is 6. The van der Waals surface area contributed by atoms with Crippen molar-refractivity contribution in [3.8, 4) is 0 Å². The van der Waals surface area contributed by atoms with Crippen molar-refractivity contribution in [2.75, 3.05) is 32.8 Å². The maximum atomic E-state index is 13.1. The summed E-state index contributed by atoms with van der Waals surface area (Å²) < 4.78 is 27.6. The number of imide groups is 1. The van der Waals surface area contributed by atoms with Crippen LogP contribution in [0.25, 0.3) is 10.8 Å². The highest BCUT2D eigenvalue weighted by molar-refractivity contribution is 7.89. The van der Waals surface area contributed by atoms with Gasteiger partial charge in [-0.25, -0.2) is 18.1 Å². The molecule has 0 aliphatic carbocycles. The number of hydrogen-bond donors (Lipinski definition) is 1. The van der Waals surface area contributed by atoms with Crippen molar-refractivity contribution in [1.29, 1.82) is 0 Å². The maximum absolute atomic E-state index is 13.1. The van der Waals surface area contributed by atoms with E-state index in [0.717, 1.165) is 17.2 Å². The summed E-state index contributed by atoms with van der Waals surface area (Å²) in [5, 5.41) is 4.60. The van der Waals surface area contributed by atoms with Gasteiger partial charge in [0.15, 0.2) is 0 Å². The molecule has 0 saturated carbocycles. The highest BCUT2D eigenvalue weighted by Crippen LogP contribution is 2.23. The monoisotopic (exact) mass is 430 g/mol. The highest BCUT2D eigenvalue weighted by atomic mass is 32.2. The molecule has 30 heavy (non-hydrogen) atoms. The number of piperazine rings is 1. The number of carbonyl (C=O) groups excluding carboxylic acids is 2. The van der Waals surface area contributed by atoms with E-state index in [0.29, 0.717) is 32.6 Å². The predicted octanol–water partition coefficient (Wildman–Crippen LogP) is 1.82. The first-order valence-corrected chi connectivity index (χ1v) is 11.7. The molecule has 0 radical (unpaired) electrons. The van der Waals surface area contributed by atoms with Crippen molar-refractivity contribution >= 4 is 32.7 Å². The van der Waals surface area contributed by atoms with Gasteiger partial charge in [-0.1, -0.05) is 43.7 Å². The van der Waals surface area contributed by atoms with Crippen LogP contribution in [0.2, 0.25) is 0 Å². The molecule has 2 aromatic carbocycles. The Morgan fingerprint density at radius 3 is 2.40 bits per heavy atom. The quantitative estimate of drug-likeness (QED) is 0.706. The van der Waals surface area contributed by atoms with Gasteiger partial charge in [-0.2, -0.15) is 4.31 Å². The van der Waals surface area contributed by atoms with Gasteiger partial charge in [0, 0.05) is 26.2 Å². The summed E-state index contributed by atoms with van der Waals surface area (Å²) in [5.74, 6) is -0.201. The van der Waals surface area contributed by atoms with Gasteiger partial charge in [-0.15, -0.1) is 0 Å². The third-order valence-electron chi connectivity index (χ3n) is 5.72. The Kier molecular flexibility index (Phi) is 5.77. The topological polar surface area (TPSA) is 90.0 Å². The van der Waals surface area contributed by atoms with Crippen molar-refractivity contribution < 1.29 is 18.0 Å². The van der Waals surface area contributed by atoms with Gasteiger partial charge >= 0.3 is 6.03 Å². The average Bonchev–Trinajstić information content (AvgIpc) is 3.01. The molecule has 8 nitrogen and oxygen atoms in total. The van der Waals surface area contributed by atoms with Gasteiger partial charge in [0.2, 0.25) is 10.0 Å². The van der Waals surface area contributed by atoms with E-state index in [1.54, 1.807) is 12.1 Å². The molecule has 0 bridgehead atoms. The molecule has 0 aromatic heterocycles. The van der Waals surface area contributed by atoms with Crippen molar-refractivity contribution in [1.82, 2.24) is 19.4 Å². The van der Waals surface area contributed by atoms with Crippen LogP contribution in [-0.2, 0) is 14.8 Å². The molecule has 2 heterocycles. The first-order chi connectivity index (χ1) is 14.4. The van der Waals surface area contributed by atoms with Crippen molar-refractivity contribution in [3.05, 3.63) is 42.5 Å². The predicted molar refractivity (Wildman–Crippen MR) is 113 cm³/mol. The molecule has 4 rings (SSSR count). The molecule has 2 aliphatic rings. The van der Waals surface area contributed by atoms with E-state index in [1.807, 2.05) is 42.2 Å². The molecular formula is C21H26N4O4S. The Morgan fingerprint density at radius 1 is 1.00 bits per heavy atom. The normalized spacial score (nSPS) is 21.4. The van der Waals surface area contributed by atoms with Crippen LogP contribution in [0.3, 0.4) is 0 Å². The standard InChI is InChI=1S/C21H26N4O4S/c1-2-5-19-20(26)25(21(27)22-19)15-23-10-12-24(13-11-23)30(28,29)18-9-8-16-6-3-4-7-17(16)14-18/h3-4,6-9,14,19H,2,5,10-13,15H2,1H3,(H,22,27)/t19-/m0/s1. The number of nitrogens with zero attached hydrogens (tertiary/aromatic N) is 3. The van der Waals surface area contributed by atoms with Crippen molar-refractivity contribution in [2.45, 2.75) is 30.7 Å². The average molecular weight is 431 g/mol. The summed E-state index contributed by atoms with van der Waals surface area (Å²) in [7, 11) is -3.59. The number of amides is 3. The van der Waals surface area contributed by atoms with Gasteiger partial charge in [0.25, 0.3) is 5.91 Å². The second-order valence-electron chi connectivity index (χ2n) is 7.73. The van der Waals surface area contributed by atoms with Gasteiger partial charge < -0.3 is 5.32 Å². The van der Waals surface area contributed by atoms with Crippen molar-refractivity contribution in [2.24, 2.45) is 0 Å². The van der Waals surface area contributed by atoms with Crippen LogP contribution in [0.5, 0.6) is 0 Å². The minimum atomic E-state index is -3.59. The van der Waals surface area contributed by atoms with Crippen LogP contribution < -0.4 is 5.32 Å². The molecule has 2 saturated heterocycles. The molecule has 160 valence electrons. The molecular weight excluding hydrogens is 404 g/mol. The van der Waals surface area contributed by atoms with E-state index in [2.05, 4.69) is 5.32 Å². The lowest BCUT2D eigenvalue weighted by molar-refractivity contribution is -0.129. The van der Waals surface area contributed by atoms with E-state index < -0.39 is 16.1 Å². The SMILES string of the molecule is CCC[C@@H]1NC(=O)N(CN2CCN(S(=O)(=O)c3ccc4ccccc4c3)CC2)C1=O. The number of urea groups is 1.